The Hall–Kier alpha value is -1.03. The first-order valence-electron chi connectivity index (χ1n) is 5.95. The third kappa shape index (κ3) is 4.38. The number of hydrogen-bond acceptors (Lipinski definition) is 4. The summed E-state index contributed by atoms with van der Waals surface area (Å²) in [5, 5.41) is 3.40. The van der Waals surface area contributed by atoms with Gasteiger partial charge in [0, 0.05) is 11.8 Å². The lowest BCUT2D eigenvalue weighted by molar-refractivity contribution is 0.319. The molecule has 0 spiro atoms. The molecule has 0 saturated carbocycles. The molecule has 0 radical (unpaired) electrons. The van der Waals surface area contributed by atoms with Gasteiger partial charge in [-0.25, -0.2) is 0 Å². The molecule has 1 aromatic carbocycles. The van der Waals surface area contributed by atoms with Crippen LogP contribution in [-0.2, 0) is 0 Å². The first-order valence-corrected chi connectivity index (χ1v) is 7.35. The Kier molecular flexibility index (Phi) is 6.05. The number of thioether (sulfide) groups is 1. The summed E-state index contributed by atoms with van der Waals surface area (Å²) in [4.78, 5) is 0. The van der Waals surface area contributed by atoms with Crippen molar-refractivity contribution >= 4 is 23.1 Å². The zero-order valence-corrected chi connectivity index (χ0v) is 11.6. The maximum atomic E-state index is 6.07. The SMILES string of the molecule is CCCOc1cccc(NC(C)CSC)c1N. The molecule has 1 atom stereocenters. The molecule has 0 aliphatic rings. The first-order chi connectivity index (χ1) is 8.19. The van der Waals surface area contributed by atoms with E-state index in [1.54, 1.807) is 0 Å². The molecule has 1 aromatic rings. The second kappa shape index (κ2) is 7.33. The van der Waals surface area contributed by atoms with Gasteiger partial charge in [-0.2, -0.15) is 11.8 Å². The quantitative estimate of drug-likeness (QED) is 0.733. The van der Waals surface area contributed by atoms with Crippen molar-refractivity contribution in [1.29, 1.82) is 0 Å². The molecule has 0 saturated heterocycles. The molecular formula is C13H22N2OS. The molecule has 3 nitrogen and oxygen atoms in total. The minimum absolute atomic E-state index is 0.397. The summed E-state index contributed by atoms with van der Waals surface area (Å²) < 4.78 is 5.60. The van der Waals surface area contributed by atoms with Crippen LogP contribution in [0.2, 0.25) is 0 Å². The fourth-order valence-corrected chi connectivity index (χ4v) is 2.15. The average Bonchev–Trinajstić information content (AvgIpc) is 2.30. The lowest BCUT2D eigenvalue weighted by atomic mass is 10.2. The van der Waals surface area contributed by atoms with Gasteiger partial charge in [0.05, 0.1) is 18.0 Å². The number of nitrogen functional groups attached to an aromatic ring is 1. The zero-order valence-electron chi connectivity index (χ0n) is 10.8. The van der Waals surface area contributed by atoms with Gasteiger partial charge in [-0.1, -0.05) is 13.0 Å². The fraction of sp³-hybridized carbons (Fsp3) is 0.538. The van der Waals surface area contributed by atoms with E-state index in [4.69, 9.17) is 10.5 Å². The van der Waals surface area contributed by atoms with E-state index in [-0.39, 0.29) is 0 Å². The van der Waals surface area contributed by atoms with Gasteiger partial charge in [0.15, 0.2) is 0 Å². The van der Waals surface area contributed by atoms with Crippen LogP contribution in [0, 0.1) is 0 Å². The van der Waals surface area contributed by atoms with Crippen LogP contribution in [0.4, 0.5) is 11.4 Å². The summed E-state index contributed by atoms with van der Waals surface area (Å²) in [7, 11) is 0. The van der Waals surface area contributed by atoms with Crippen LogP contribution in [0.1, 0.15) is 20.3 Å². The highest BCUT2D eigenvalue weighted by atomic mass is 32.2. The Labute approximate surface area is 108 Å². The van der Waals surface area contributed by atoms with E-state index in [0.29, 0.717) is 18.3 Å². The zero-order chi connectivity index (χ0) is 12.7. The number of ether oxygens (including phenoxy) is 1. The van der Waals surface area contributed by atoms with E-state index in [0.717, 1.165) is 23.6 Å². The molecule has 0 aliphatic carbocycles. The van der Waals surface area contributed by atoms with Crippen LogP contribution in [0.25, 0.3) is 0 Å². The van der Waals surface area contributed by atoms with Crippen LogP contribution in [0.15, 0.2) is 18.2 Å². The van der Waals surface area contributed by atoms with E-state index in [1.807, 2.05) is 30.0 Å². The normalized spacial score (nSPS) is 12.2. The lowest BCUT2D eigenvalue weighted by Gasteiger charge is -2.17. The van der Waals surface area contributed by atoms with E-state index >= 15 is 0 Å². The highest BCUT2D eigenvalue weighted by Crippen LogP contribution is 2.30. The standard InChI is InChI=1S/C13H22N2OS/c1-4-8-16-12-7-5-6-11(13(12)14)15-10(2)9-17-3/h5-7,10,15H,4,8-9,14H2,1-3H3. The van der Waals surface area contributed by atoms with Gasteiger partial charge >= 0.3 is 0 Å². The minimum Gasteiger partial charge on any atom is -0.491 e. The Morgan fingerprint density at radius 2 is 2.24 bits per heavy atom. The molecular weight excluding hydrogens is 232 g/mol. The Morgan fingerprint density at radius 1 is 1.47 bits per heavy atom. The molecule has 3 N–H and O–H groups in total. The van der Waals surface area contributed by atoms with Crippen molar-refractivity contribution in [2.45, 2.75) is 26.3 Å². The van der Waals surface area contributed by atoms with Gasteiger partial charge in [0.2, 0.25) is 0 Å². The maximum absolute atomic E-state index is 6.07. The molecule has 0 bridgehead atoms. The number of hydrogen-bond donors (Lipinski definition) is 2. The third-order valence-electron chi connectivity index (χ3n) is 2.35. The number of rotatable bonds is 7. The van der Waals surface area contributed by atoms with Crippen LogP contribution in [0.5, 0.6) is 5.75 Å². The summed E-state index contributed by atoms with van der Waals surface area (Å²) in [5.41, 5.74) is 7.74. The van der Waals surface area contributed by atoms with Crippen LogP contribution < -0.4 is 15.8 Å². The van der Waals surface area contributed by atoms with Crippen LogP contribution in [-0.4, -0.2) is 24.7 Å². The number of benzene rings is 1. The van der Waals surface area contributed by atoms with Crippen molar-refractivity contribution in [2.24, 2.45) is 0 Å². The van der Waals surface area contributed by atoms with E-state index in [9.17, 15) is 0 Å². The number of anilines is 2. The average molecular weight is 254 g/mol. The van der Waals surface area contributed by atoms with Gasteiger partial charge in [0.1, 0.15) is 5.75 Å². The van der Waals surface area contributed by atoms with Gasteiger partial charge in [-0.05, 0) is 31.7 Å². The molecule has 4 heteroatoms. The molecule has 0 amide bonds. The predicted octanol–water partition coefficient (Wildman–Crippen LogP) is 3.22. The molecule has 0 heterocycles. The van der Waals surface area contributed by atoms with Gasteiger partial charge in [-0.15, -0.1) is 0 Å². The molecule has 0 aromatic heterocycles. The summed E-state index contributed by atoms with van der Waals surface area (Å²) in [5.74, 6) is 1.83. The molecule has 17 heavy (non-hydrogen) atoms. The Bertz CT molecular complexity index is 344. The van der Waals surface area contributed by atoms with E-state index in [2.05, 4.69) is 25.4 Å². The summed E-state index contributed by atoms with van der Waals surface area (Å²) in [6, 6.07) is 6.27. The second-order valence-corrected chi connectivity index (χ2v) is 4.98. The molecule has 1 rings (SSSR count). The topological polar surface area (TPSA) is 47.3 Å². The van der Waals surface area contributed by atoms with Crippen molar-refractivity contribution < 1.29 is 4.74 Å². The summed E-state index contributed by atoms with van der Waals surface area (Å²) >= 11 is 1.82. The molecule has 0 aliphatic heterocycles. The highest BCUT2D eigenvalue weighted by Gasteiger charge is 2.08. The summed E-state index contributed by atoms with van der Waals surface area (Å²) in [6.07, 6.45) is 3.09. The number of nitrogens with two attached hydrogens (primary N) is 1. The van der Waals surface area contributed by atoms with Crippen molar-refractivity contribution in [3.05, 3.63) is 18.2 Å². The second-order valence-electron chi connectivity index (χ2n) is 4.07. The van der Waals surface area contributed by atoms with Crippen LogP contribution >= 0.6 is 11.8 Å². The maximum Gasteiger partial charge on any atom is 0.144 e. The lowest BCUT2D eigenvalue weighted by Crippen LogP contribution is -2.18. The molecule has 0 fully saturated rings. The first kappa shape index (κ1) is 14.0. The van der Waals surface area contributed by atoms with Gasteiger partial charge in [-0.3, -0.25) is 0 Å². The predicted molar refractivity (Wildman–Crippen MR) is 78.1 cm³/mol. The van der Waals surface area contributed by atoms with Crippen molar-refractivity contribution in [2.75, 3.05) is 29.7 Å². The smallest absolute Gasteiger partial charge is 0.144 e. The van der Waals surface area contributed by atoms with Crippen molar-refractivity contribution in [3.8, 4) is 5.75 Å². The highest BCUT2D eigenvalue weighted by molar-refractivity contribution is 7.98. The molecule has 96 valence electrons. The van der Waals surface area contributed by atoms with Crippen molar-refractivity contribution in [1.82, 2.24) is 0 Å². The minimum atomic E-state index is 0.397. The van der Waals surface area contributed by atoms with Crippen LogP contribution in [0.3, 0.4) is 0 Å². The largest absolute Gasteiger partial charge is 0.491 e. The van der Waals surface area contributed by atoms with E-state index < -0.39 is 0 Å². The Balaban J connectivity index is 2.72. The van der Waals surface area contributed by atoms with Gasteiger partial charge < -0.3 is 15.8 Å². The molecule has 1 unspecified atom stereocenters. The summed E-state index contributed by atoms with van der Waals surface area (Å²) in [6.45, 7) is 4.93. The number of nitrogens with one attached hydrogen (secondary N) is 1. The van der Waals surface area contributed by atoms with Crippen molar-refractivity contribution in [3.63, 3.8) is 0 Å². The third-order valence-corrected chi connectivity index (χ3v) is 3.18. The van der Waals surface area contributed by atoms with E-state index in [1.165, 1.54) is 0 Å². The fourth-order valence-electron chi connectivity index (χ4n) is 1.56. The number of para-hydroxylation sites is 1. The monoisotopic (exact) mass is 254 g/mol. The Morgan fingerprint density at radius 3 is 2.88 bits per heavy atom. The van der Waals surface area contributed by atoms with Gasteiger partial charge in [0.25, 0.3) is 0 Å².